The third-order valence-corrected chi connectivity index (χ3v) is 0.702. The fourth-order valence-electron chi connectivity index (χ4n) is 0.0913. The molecule has 56 valence electrons. The van der Waals surface area contributed by atoms with Crippen LogP contribution < -0.4 is 0 Å². The maximum Gasteiger partial charge on any atom is 0.140 e. The summed E-state index contributed by atoms with van der Waals surface area (Å²) in [5, 5.41) is 16.1. The molecule has 0 saturated carbocycles. The van der Waals surface area contributed by atoms with E-state index in [1.807, 2.05) is 0 Å². The van der Waals surface area contributed by atoms with Crippen LogP contribution in [0.4, 0.5) is 0 Å². The number of rotatable bonds is 2. The Kier molecular flexibility index (Phi) is 12.7. The van der Waals surface area contributed by atoms with Crippen molar-refractivity contribution in [2.24, 2.45) is 0 Å². The van der Waals surface area contributed by atoms with Crippen molar-refractivity contribution in [2.45, 2.75) is 19.4 Å². The topological polar surface area (TPSA) is 44.0 Å². The highest BCUT2D eigenvalue weighted by Crippen LogP contribution is 1.82. The van der Waals surface area contributed by atoms with Crippen LogP contribution in [0.25, 0.3) is 0 Å². The minimum atomic E-state index is -0.759. The molecule has 1 unspecified atom stereocenters. The lowest BCUT2D eigenvalue weighted by Crippen LogP contribution is -1.97. The van der Waals surface area contributed by atoms with Gasteiger partial charge in [0.15, 0.2) is 0 Å². The predicted octanol–water partition coefficient (Wildman–Crippen LogP) is 1.64. The van der Waals surface area contributed by atoms with Crippen LogP contribution in [0.1, 0.15) is 13.3 Å². The maximum absolute atomic E-state index is 8.31. The average Bonchev–Trinajstić information content (AvgIpc) is 2.03. The van der Waals surface area contributed by atoms with E-state index in [0.29, 0.717) is 6.42 Å². The van der Waals surface area contributed by atoms with Gasteiger partial charge in [-0.25, -0.2) is 0 Å². The number of hydrogen-bond donors (Lipinski definition) is 1. The lowest BCUT2D eigenvalue weighted by Gasteiger charge is -1.87. The van der Waals surface area contributed by atoms with Gasteiger partial charge in [-0.15, -0.1) is 0 Å². The first-order valence-corrected chi connectivity index (χ1v) is 3.04. The fraction of sp³-hybridized carbons (Fsp3) is 0.375. The van der Waals surface area contributed by atoms with E-state index >= 15 is 0 Å². The monoisotopic (exact) mass is 139 g/mol. The van der Waals surface area contributed by atoms with Gasteiger partial charge in [-0.05, 0) is 6.42 Å². The normalized spacial score (nSPS) is 9.70. The van der Waals surface area contributed by atoms with Crippen LogP contribution in [-0.2, 0) is 0 Å². The van der Waals surface area contributed by atoms with Crippen LogP contribution in [0.15, 0.2) is 25.3 Å². The Balaban J connectivity index is 0. The zero-order valence-corrected chi connectivity index (χ0v) is 6.25. The van der Waals surface area contributed by atoms with Crippen LogP contribution in [-0.4, -0.2) is 11.2 Å². The molecule has 0 saturated heterocycles. The average molecular weight is 139 g/mol. The van der Waals surface area contributed by atoms with Gasteiger partial charge in [0.2, 0.25) is 0 Å². The van der Waals surface area contributed by atoms with Crippen molar-refractivity contribution in [3.8, 4) is 6.07 Å². The van der Waals surface area contributed by atoms with Crippen molar-refractivity contribution in [2.75, 3.05) is 0 Å². The number of nitriles is 1. The van der Waals surface area contributed by atoms with E-state index in [2.05, 4.69) is 13.2 Å². The molecule has 0 aromatic heterocycles. The molecule has 2 nitrogen and oxygen atoms in total. The molecule has 0 heterocycles. The van der Waals surface area contributed by atoms with E-state index in [1.165, 1.54) is 0 Å². The third-order valence-electron chi connectivity index (χ3n) is 0.702. The van der Waals surface area contributed by atoms with Crippen molar-refractivity contribution in [1.29, 1.82) is 5.26 Å². The van der Waals surface area contributed by atoms with E-state index in [4.69, 9.17) is 10.4 Å². The highest BCUT2D eigenvalue weighted by Gasteiger charge is 1.90. The molecule has 0 rings (SSSR count). The third kappa shape index (κ3) is 15.8. The van der Waals surface area contributed by atoms with Gasteiger partial charge >= 0.3 is 0 Å². The second kappa shape index (κ2) is 10.8. The Hall–Kier alpha value is -1.07. The molecular formula is C8H13NO. The summed E-state index contributed by atoms with van der Waals surface area (Å²) in [5.74, 6) is 0. The summed E-state index contributed by atoms with van der Waals surface area (Å²) in [7, 11) is 0. The summed E-state index contributed by atoms with van der Waals surface area (Å²) in [6, 6.07) is 1.67. The van der Waals surface area contributed by atoms with Crippen LogP contribution in [0.5, 0.6) is 0 Å². The minimum absolute atomic E-state index is 0.524. The van der Waals surface area contributed by atoms with E-state index in [9.17, 15) is 0 Å². The van der Waals surface area contributed by atoms with E-state index in [0.717, 1.165) is 0 Å². The lowest BCUT2D eigenvalue weighted by molar-refractivity contribution is 0.226. The van der Waals surface area contributed by atoms with Crippen molar-refractivity contribution < 1.29 is 5.11 Å². The van der Waals surface area contributed by atoms with Gasteiger partial charge in [-0.3, -0.25) is 0 Å². The van der Waals surface area contributed by atoms with Crippen molar-refractivity contribution in [1.82, 2.24) is 0 Å². The van der Waals surface area contributed by atoms with Gasteiger partial charge < -0.3 is 5.11 Å². The van der Waals surface area contributed by atoms with Crippen molar-refractivity contribution in [3.63, 3.8) is 0 Å². The molecule has 0 aromatic carbocycles. The quantitative estimate of drug-likeness (QED) is 0.467. The van der Waals surface area contributed by atoms with Gasteiger partial charge in [0.05, 0.1) is 6.07 Å². The van der Waals surface area contributed by atoms with Crippen LogP contribution >= 0.6 is 0 Å². The largest absolute Gasteiger partial charge is 0.378 e. The number of aliphatic hydroxyl groups is 1. The fourth-order valence-corrected chi connectivity index (χ4v) is 0.0913. The zero-order chi connectivity index (χ0) is 8.41. The van der Waals surface area contributed by atoms with Gasteiger partial charge in [0, 0.05) is 0 Å². The Morgan fingerprint density at radius 2 is 2.00 bits per heavy atom. The second-order valence-corrected chi connectivity index (χ2v) is 1.52. The van der Waals surface area contributed by atoms with Crippen LogP contribution in [0.3, 0.4) is 0 Å². The number of nitrogens with zero attached hydrogens (tertiary/aromatic N) is 1. The number of allylic oxidation sites excluding steroid dienone is 2. The predicted molar refractivity (Wildman–Crippen MR) is 42.3 cm³/mol. The molecule has 0 aliphatic carbocycles. The SMILES string of the molecule is C=CC=C.CCC(O)C#N. The molecule has 1 N–H and O–H groups in total. The van der Waals surface area contributed by atoms with E-state index in [1.54, 1.807) is 25.1 Å². The smallest absolute Gasteiger partial charge is 0.140 e. The van der Waals surface area contributed by atoms with E-state index in [-0.39, 0.29) is 0 Å². The van der Waals surface area contributed by atoms with Crippen molar-refractivity contribution >= 4 is 0 Å². The van der Waals surface area contributed by atoms with Crippen LogP contribution in [0.2, 0.25) is 0 Å². The Morgan fingerprint density at radius 1 is 1.60 bits per heavy atom. The molecule has 1 atom stereocenters. The zero-order valence-electron chi connectivity index (χ0n) is 6.25. The summed E-state index contributed by atoms with van der Waals surface area (Å²) < 4.78 is 0. The molecule has 0 amide bonds. The molecule has 0 spiro atoms. The van der Waals surface area contributed by atoms with Gasteiger partial charge in [0.25, 0.3) is 0 Å². The summed E-state index contributed by atoms with van der Waals surface area (Å²) in [5.41, 5.74) is 0. The second-order valence-electron chi connectivity index (χ2n) is 1.52. The van der Waals surface area contributed by atoms with Gasteiger partial charge in [-0.1, -0.05) is 32.2 Å². The molecule has 0 radical (unpaired) electrons. The molecule has 0 aliphatic heterocycles. The molecule has 0 aromatic rings. The first-order chi connectivity index (χ1) is 4.72. The van der Waals surface area contributed by atoms with Gasteiger partial charge in [-0.2, -0.15) is 5.26 Å². The molecule has 2 heteroatoms. The number of hydrogen-bond acceptors (Lipinski definition) is 2. The number of aliphatic hydroxyl groups excluding tert-OH is 1. The minimum Gasteiger partial charge on any atom is -0.378 e. The molecule has 10 heavy (non-hydrogen) atoms. The first-order valence-electron chi connectivity index (χ1n) is 3.04. The molecular weight excluding hydrogens is 126 g/mol. The Morgan fingerprint density at radius 3 is 2.00 bits per heavy atom. The standard InChI is InChI=1S/C4H7NO.C4H6/c1-2-4(6)3-5;1-3-4-2/h4,6H,2H2,1H3;3-4H,1-2H2. The Bertz CT molecular complexity index is 118. The molecule has 0 bridgehead atoms. The Labute approximate surface area is 62.1 Å². The summed E-state index contributed by atoms with van der Waals surface area (Å²) >= 11 is 0. The maximum atomic E-state index is 8.31. The summed E-state index contributed by atoms with van der Waals surface area (Å²) in [6.45, 7) is 8.48. The van der Waals surface area contributed by atoms with Crippen LogP contribution in [0, 0.1) is 11.3 Å². The summed E-state index contributed by atoms with van der Waals surface area (Å²) in [4.78, 5) is 0. The molecule has 0 aliphatic rings. The van der Waals surface area contributed by atoms with Crippen molar-refractivity contribution in [3.05, 3.63) is 25.3 Å². The highest BCUT2D eigenvalue weighted by atomic mass is 16.3. The summed E-state index contributed by atoms with van der Waals surface area (Å²) in [6.07, 6.45) is 3.04. The highest BCUT2D eigenvalue weighted by molar-refractivity contribution is 4.88. The lowest BCUT2D eigenvalue weighted by atomic mass is 10.3. The van der Waals surface area contributed by atoms with E-state index < -0.39 is 6.10 Å². The first kappa shape index (κ1) is 11.7. The molecule has 0 fully saturated rings. The van der Waals surface area contributed by atoms with Gasteiger partial charge in [0.1, 0.15) is 6.10 Å².